The van der Waals surface area contributed by atoms with Crippen LogP contribution in [0.25, 0.3) is 0 Å². The van der Waals surface area contributed by atoms with Crippen LogP contribution in [0.15, 0.2) is 23.1 Å². The maximum absolute atomic E-state index is 12.8. The molecule has 7 heteroatoms. The van der Waals surface area contributed by atoms with E-state index in [0.717, 1.165) is 12.1 Å². The Bertz CT molecular complexity index is 450. The summed E-state index contributed by atoms with van der Waals surface area (Å²) in [5.74, 6) is -0.660. The summed E-state index contributed by atoms with van der Waals surface area (Å²) in [7, 11) is -3.78. The molecule has 84 valence electrons. The van der Waals surface area contributed by atoms with Gasteiger partial charge in [-0.15, -0.1) is 0 Å². The van der Waals surface area contributed by atoms with E-state index in [4.69, 9.17) is 17.3 Å². The normalized spacial score (nSPS) is 11.7. The molecule has 3 N–H and O–H groups in total. The zero-order chi connectivity index (χ0) is 11.5. The zero-order valence-electron chi connectivity index (χ0n) is 7.70. The van der Waals surface area contributed by atoms with Crippen molar-refractivity contribution in [3.05, 3.63) is 29.0 Å². The van der Waals surface area contributed by atoms with Crippen LogP contribution < -0.4 is 10.5 Å². The Morgan fingerprint density at radius 3 is 2.73 bits per heavy atom. The minimum Gasteiger partial charge on any atom is -0.329 e. The number of rotatable bonds is 4. The molecule has 0 saturated heterocycles. The van der Waals surface area contributed by atoms with Crippen molar-refractivity contribution in [3.63, 3.8) is 0 Å². The van der Waals surface area contributed by atoms with Gasteiger partial charge in [0.05, 0.1) is 5.02 Å². The molecule has 0 saturated carbocycles. The molecule has 0 radical (unpaired) electrons. The lowest BCUT2D eigenvalue weighted by atomic mass is 10.3. The van der Waals surface area contributed by atoms with Crippen LogP contribution in [-0.4, -0.2) is 21.5 Å². The highest BCUT2D eigenvalue weighted by molar-refractivity contribution is 7.89. The molecule has 1 aromatic rings. The Morgan fingerprint density at radius 2 is 2.13 bits per heavy atom. The maximum atomic E-state index is 12.8. The highest BCUT2D eigenvalue weighted by atomic mass is 35.5. The van der Waals surface area contributed by atoms with Gasteiger partial charge in [-0.3, -0.25) is 0 Å². The fourth-order valence-electron chi connectivity index (χ4n) is 0.954. The van der Waals surface area contributed by atoms with Gasteiger partial charge in [-0.1, -0.05) is 11.6 Å². The van der Waals surface area contributed by atoms with Crippen LogP contribution in [0.3, 0.4) is 0 Å². The molecule has 0 amide bonds. The molecular formula is C8H10ClFN2O2S. The van der Waals surface area contributed by atoms with Crippen molar-refractivity contribution in [1.82, 2.24) is 4.72 Å². The molecule has 0 fully saturated rings. The average molecular weight is 253 g/mol. The van der Waals surface area contributed by atoms with Crippen molar-refractivity contribution < 1.29 is 12.8 Å². The van der Waals surface area contributed by atoms with Crippen LogP contribution in [-0.2, 0) is 10.0 Å². The first-order valence-corrected chi connectivity index (χ1v) is 5.98. The number of halogens is 2. The summed E-state index contributed by atoms with van der Waals surface area (Å²) in [6.07, 6.45) is 0. The molecule has 4 nitrogen and oxygen atoms in total. The average Bonchev–Trinajstić information content (AvgIpc) is 2.18. The van der Waals surface area contributed by atoms with Gasteiger partial charge >= 0.3 is 0 Å². The summed E-state index contributed by atoms with van der Waals surface area (Å²) in [5.41, 5.74) is 5.15. The molecule has 0 aliphatic rings. The second-order valence-electron chi connectivity index (χ2n) is 2.76. The lowest BCUT2D eigenvalue weighted by Gasteiger charge is -2.07. The summed E-state index contributed by atoms with van der Waals surface area (Å²) in [4.78, 5) is -0.280. The van der Waals surface area contributed by atoms with Crippen molar-refractivity contribution in [2.45, 2.75) is 4.90 Å². The second-order valence-corrected chi connectivity index (χ2v) is 4.90. The second kappa shape index (κ2) is 4.89. The summed E-state index contributed by atoms with van der Waals surface area (Å²) in [5, 5.41) is -0.0269. The molecule has 1 rings (SSSR count). The van der Waals surface area contributed by atoms with Crippen molar-refractivity contribution in [2.24, 2.45) is 5.73 Å². The molecular weight excluding hydrogens is 243 g/mol. The Hall–Kier alpha value is -0.690. The topological polar surface area (TPSA) is 72.2 Å². The van der Waals surface area contributed by atoms with Crippen LogP contribution in [0, 0.1) is 5.82 Å². The molecule has 0 unspecified atom stereocenters. The molecule has 0 aliphatic heterocycles. The fourth-order valence-corrected chi connectivity index (χ4v) is 2.51. The Labute approximate surface area is 92.3 Å². The van der Waals surface area contributed by atoms with Crippen molar-refractivity contribution in [2.75, 3.05) is 13.1 Å². The van der Waals surface area contributed by atoms with Gasteiger partial charge in [0.15, 0.2) is 0 Å². The van der Waals surface area contributed by atoms with Gasteiger partial charge in [0.2, 0.25) is 10.0 Å². The van der Waals surface area contributed by atoms with E-state index in [-0.39, 0.29) is 23.0 Å². The Kier molecular flexibility index (Phi) is 4.04. The summed E-state index contributed by atoms with van der Waals surface area (Å²) < 4.78 is 38.1. The SMILES string of the molecule is NCCNS(=O)(=O)c1cc(F)ccc1Cl. The minimum absolute atomic E-state index is 0.0269. The first-order valence-electron chi connectivity index (χ1n) is 4.12. The largest absolute Gasteiger partial charge is 0.329 e. The fraction of sp³-hybridized carbons (Fsp3) is 0.250. The van der Waals surface area contributed by atoms with E-state index < -0.39 is 15.8 Å². The number of hydrogen-bond acceptors (Lipinski definition) is 3. The monoisotopic (exact) mass is 252 g/mol. The van der Waals surface area contributed by atoms with E-state index in [9.17, 15) is 12.8 Å². The third kappa shape index (κ3) is 3.13. The molecule has 1 aromatic carbocycles. The van der Waals surface area contributed by atoms with E-state index in [1.54, 1.807) is 0 Å². The molecule has 0 aliphatic carbocycles. The maximum Gasteiger partial charge on any atom is 0.242 e. The standard InChI is InChI=1S/C8H10ClFN2O2S/c9-7-2-1-6(10)5-8(7)15(13,14)12-4-3-11/h1-2,5,12H,3-4,11H2. The van der Waals surface area contributed by atoms with Gasteiger partial charge in [-0.2, -0.15) is 0 Å². The van der Waals surface area contributed by atoms with Crippen molar-refractivity contribution >= 4 is 21.6 Å². The van der Waals surface area contributed by atoms with Gasteiger partial charge in [0.25, 0.3) is 0 Å². The van der Waals surface area contributed by atoms with E-state index in [2.05, 4.69) is 4.72 Å². The highest BCUT2D eigenvalue weighted by Crippen LogP contribution is 2.21. The van der Waals surface area contributed by atoms with Gasteiger partial charge in [0, 0.05) is 13.1 Å². The number of sulfonamides is 1. The summed E-state index contributed by atoms with van der Waals surface area (Å²) >= 11 is 5.64. The quantitative estimate of drug-likeness (QED) is 0.829. The highest BCUT2D eigenvalue weighted by Gasteiger charge is 2.17. The lowest BCUT2D eigenvalue weighted by molar-refractivity contribution is 0.578. The first-order chi connectivity index (χ1) is 6.97. The van der Waals surface area contributed by atoms with E-state index in [0.29, 0.717) is 0 Å². The lowest BCUT2D eigenvalue weighted by Crippen LogP contribution is -2.29. The van der Waals surface area contributed by atoms with Crippen LogP contribution in [0.5, 0.6) is 0 Å². The first kappa shape index (κ1) is 12.4. The predicted molar refractivity (Wildman–Crippen MR) is 55.7 cm³/mol. The molecule has 15 heavy (non-hydrogen) atoms. The number of hydrogen-bond donors (Lipinski definition) is 2. The Balaban J connectivity index is 3.09. The third-order valence-electron chi connectivity index (χ3n) is 1.62. The number of benzene rings is 1. The molecule has 0 spiro atoms. The van der Waals surface area contributed by atoms with Crippen LogP contribution in [0.1, 0.15) is 0 Å². The summed E-state index contributed by atoms with van der Waals surface area (Å²) in [6.45, 7) is 0.237. The minimum atomic E-state index is -3.78. The Morgan fingerprint density at radius 1 is 1.47 bits per heavy atom. The van der Waals surface area contributed by atoms with E-state index in [1.165, 1.54) is 6.07 Å². The van der Waals surface area contributed by atoms with E-state index in [1.807, 2.05) is 0 Å². The molecule has 0 atom stereocenters. The summed E-state index contributed by atoms with van der Waals surface area (Å²) in [6, 6.07) is 3.14. The van der Waals surface area contributed by atoms with Crippen LogP contribution in [0.4, 0.5) is 4.39 Å². The molecule has 0 bridgehead atoms. The molecule has 0 aromatic heterocycles. The van der Waals surface area contributed by atoms with E-state index >= 15 is 0 Å². The molecule has 0 heterocycles. The van der Waals surface area contributed by atoms with Crippen molar-refractivity contribution in [3.8, 4) is 0 Å². The van der Waals surface area contributed by atoms with Gasteiger partial charge in [-0.25, -0.2) is 17.5 Å². The van der Waals surface area contributed by atoms with Crippen molar-refractivity contribution in [1.29, 1.82) is 0 Å². The van der Waals surface area contributed by atoms with Gasteiger partial charge in [0.1, 0.15) is 10.7 Å². The van der Waals surface area contributed by atoms with Crippen LogP contribution >= 0.6 is 11.6 Å². The number of nitrogens with two attached hydrogens (primary N) is 1. The third-order valence-corrected chi connectivity index (χ3v) is 3.56. The van der Waals surface area contributed by atoms with Crippen LogP contribution in [0.2, 0.25) is 5.02 Å². The smallest absolute Gasteiger partial charge is 0.242 e. The number of nitrogens with one attached hydrogen (secondary N) is 1. The predicted octanol–water partition coefficient (Wildman–Crippen LogP) is 0.716. The zero-order valence-corrected chi connectivity index (χ0v) is 9.28. The van der Waals surface area contributed by atoms with Gasteiger partial charge < -0.3 is 5.73 Å². The van der Waals surface area contributed by atoms with Gasteiger partial charge in [-0.05, 0) is 18.2 Å².